The first-order chi connectivity index (χ1) is 13.8. The highest BCUT2D eigenvalue weighted by molar-refractivity contribution is 7.16. The smallest absolute Gasteiger partial charge is 0.294 e. The molecule has 3 rings (SSSR count). The summed E-state index contributed by atoms with van der Waals surface area (Å²) in [6.07, 6.45) is 13.7. The van der Waals surface area contributed by atoms with Gasteiger partial charge in [-0.1, -0.05) is 74.7 Å². The molecule has 1 heterocycles. The van der Waals surface area contributed by atoms with Crippen molar-refractivity contribution in [3.63, 3.8) is 0 Å². The number of rotatable bonds is 11. The van der Waals surface area contributed by atoms with E-state index in [0.29, 0.717) is 5.19 Å². The molecule has 0 N–H and O–H groups in total. The predicted octanol–water partition coefficient (Wildman–Crippen LogP) is 6.76. The van der Waals surface area contributed by atoms with E-state index in [1.165, 1.54) is 69.1 Å². The van der Waals surface area contributed by atoms with Gasteiger partial charge in [0, 0.05) is 5.56 Å². The molecule has 1 saturated carbocycles. The highest BCUT2D eigenvalue weighted by Gasteiger charge is 2.24. The van der Waals surface area contributed by atoms with Crippen molar-refractivity contribution < 1.29 is 9.47 Å². The summed E-state index contributed by atoms with van der Waals surface area (Å²) in [7, 11) is 1.67. The lowest BCUT2D eigenvalue weighted by Gasteiger charge is -2.31. The van der Waals surface area contributed by atoms with E-state index >= 15 is 0 Å². The van der Waals surface area contributed by atoms with Crippen LogP contribution in [0.15, 0.2) is 24.3 Å². The van der Waals surface area contributed by atoms with E-state index in [9.17, 15) is 0 Å². The Balaban J connectivity index is 1.41. The van der Waals surface area contributed by atoms with Crippen molar-refractivity contribution >= 4 is 11.3 Å². The van der Waals surface area contributed by atoms with Crippen LogP contribution in [0.5, 0.6) is 10.9 Å². The van der Waals surface area contributed by atoms with Crippen molar-refractivity contribution in [3.05, 3.63) is 24.3 Å². The highest BCUT2D eigenvalue weighted by atomic mass is 32.1. The van der Waals surface area contributed by atoms with Gasteiger partial charge >= 0.3 is 0 Å². The van der Waals surface area contributed by atoms with E-state index < -0.39 is 0 Å². The fourth-order valence-electron chi connectivity index (χ4n) is 4.32. The molecule has 0 spiro atoms. The fraction of sp³-hybridized carbons (Fsp3) is 0.652. The summed E-state index contributed by atoms with van der Waals surface area (Å²) in [5.41, 5.74) is 1.05. The molecule has 0 radical (unpaired) electrons. The topological polar surface area (TPSA) is 44.2 Å². The lowest BCUT2D eigenvalue weighted by molar-refractivity contribution is 0.190. The van der Waals surface area contributed by atoms with E-state index in [0.717, 1.165) is 41.2 Å². The SMILES string of the molecule is CCCCCC1CCCCC1CCCOc1nnc(-c2ccc(OC)cc2)s1. The molecule has 5 heteroatoms. The maximum Gasteiger partial charge on any atom is 0.294 e. The number of hydrogen-bond acceptors (Lipinski definition) is 5. The second-order valence-electron chi connectivity index (χ2n) is 7.89. The van der Waals surface area contributed by atoms with Crippen molar-refractivity contribution in [1.29, 1.82) is 0 Å². The summed E-state index contributed by atoms with van der Waals surface area (Å²) >= 11 is 1.51. The molecule has 1 aliphatic carbocycles. The van der Waals surface area contributed by atoms with Crippen molar-refractivity contribution in [1.82, 2.24) is 10.2 Å². The van der Waals surface area contributed by atoms with Gasteiger partial charge in [0.05, 0.1) is 13.7 Å². The van der Waals surface area contributed by atoms with Crippen LogP contribution in [0.25, 0.3) is 10.6 Å². The second kappa shape index (κ2) is 11.4. The minimum atomic E-state index is 0.675. The lowest BCUT2D eigenvalue weighted by Crippen LogP contribution is -2.20. The van der Waals surface area contributed by atoms with Crippen molar-refractivity contribution in [2.24, 2.45) is 11.8 Å². The third kappa shape index (κ3) is 6.20. The van der Waals surface area contributed by atoms with E-state index in [2.05, 4.69) is 17.1 Å². The van der Waals surface area contributed by atoms with Crippen molar-refractivity contribution in [2.75, 3.05) is 13.7 Å². The molecule has 1 aromatic heterocycles. The van der Waals surface area contributed by atoms with E-state index in [1.807, 2.05) is 24.3 Å². The first kappa shape index (κ1) is 21.1. The molecular weight excluding hydrogens is 368 g/mol. The standard InChI is InChI=1S/C23H34N2O2S/c1-3-4-5-9-18-10-6-7-11-19(18)12-8-17-27-23-25-24-22(28-23)20-13-15-21(26-2)16-14-20/h13-16,18-19H,3-12,17H2,1-2H3. The van der Waals surface area contributed by atoms with Gasteiger partial charge in [0.1, 0.15) is 5.75 Å². The molecule has 2 atom stereocenters. The number of nitrogens with zero attached hydrogens (tertiary/aromatic N) is 2. The Bertz CT molecular complexity index is 686. The Kier molecular flexibility index (Phi) is 8.59. The maximum absolute atomic E-state index is 5.90. The second-order valence-corrected chi connectivity index (χ2v) is 8.83. The monoisotopic (exact) mass is 402 g/mol. The molecule has 0 bridgehead atoms. The lowest BCUT2D eigenvalue weighted by atomic mass is 9.74. The normalized spacial score (nSPS) is 19.5. The van der Waals surface area contributed by atoms with Crippen LogP contribution in [0, 0.1) is 11.8 Å². The number of aromatic nitrogens is 2. The summed E-state index contributed by atoms with van der Waals surface area (Å²) < 4.78 is 11.1. The van der Waals surface area contributed by atoms with Crippen LogP contribution in [0.2, 0.25) is 0 Å². The molecule has 0 saturated heterocycles. The molecule has 2 unspecified atom stereocenters. The number of unbranched alkanes of at least 4 members (excludes halogenated alkanes) is 2. The number of methoxy groups -OCH3 is 1. The molecule has 1 fully saturated rings. The Morgan fingerprint density at radius 1 is 0.964 bits per heavy atom. The molecule has 1 aliphatic rings. The zero-order valence-electron chi connectivity index (χ0n) is 17.4. The minimum absolute atomic E-state index is 0.675. The largest absolute Gasteiger partial charge is 0.497 e. The van der Waals surface area contributed by atoms with Gasteiger partial charge in [-0.2, -0.15) is 0 Å². The van der Waals surface area contributed by atoms with Gasteiger partial charge in [-0.25, -0.2) is 0 Å². The molecule has 0 aliphatic heterocycles. The van der Waals surface area contributed by atoms with Crippen molar-refractivity contribution in [2.45, 2.75) is 71.1 Å². The Labute approximate surface area is 173 Å². The first-order valence-electron chi connectivity index (χ1n) is 10.9. The minimum Gasteiger partial charge on any atom is -0.497 e. The van der Waals surface area contributed by atoms with E-state index in [1.54, 1.807) is 7.11 Å². The Morgan fingerprint density at radius 2 is 1.68 bits per heavy atom. The van der Waals surface area contributed by atoms with Crippen LogP contribution in [-0.4, -0.2) is 23.9 Å². The van der Waals surface area contributed by atoms with Gasteiger partial charge in [0.25, 0.3) is 5.19 Å². The third-order valence-corrected chi connectivity index (χ3v) is 6.82. The zero-order chi connectivity index (χ0) is 19.6. The van der Waals surface area contributed by atoms with Gasteiger partial charge in [-0.05, 0) is 48.9 Å². The van der Waals surface area contributed by atoms with Crippen LogP contribution in [0.4, 0.5) is 0 Å². The summed E-state index contributed by atoms with van der Waals surface area (Å²) in [6.45, 7) is 3.04. The highest BCUT2D eigenvalue weighted by Crippen LogP contribution is 2.36. The average molecular weight is 403 g/mol. The van der Waals surface area contributed by atoms with E-state index in [4.69, 9.17) is 9.47 Å². The number of ether oxygens (including phenoxy) is 2. The molecule has 4 nitrogen and oxygen atoms in total. The van der Waals surface area contributed by atoms with Gasteiger partial charge in [-0.3, -0.25) is 0 Å². The summed E-state index contributed by atoms with van der Waals surface area (Å²) in [4.78, 5) is 0. The third-order valence-electron chi connectivity index (χ3n) is 5.93. The zero-order valence-corrected chi connectivity index (χ0v) is 18.2. The molecule has 28 heavy (non-hydrogen) atoms. The number of benzene rings is 1. The van der Waals surface area contributed by atoms with Gasteiger partial charge < -0.3 is 9.47 Å². The molecule has 154 valence electrons. The van der Waals surface area contributed by atoms with Crippen LogP contribution in [0.3, 0.4) is 0 Å². The van der Waals surface area contributed by atoms with Crippen LogP contribution < -0.4 is 9.47 Å². The maximum atomic E-state index is 5.90. The average Bonchev–Trinajstić information content (AvgIpc) is 3.21. The molecular formula is C23H34N2O2S. The Hall–Kier alpha value is -1.62. The molecule has 1 aromatic carbocycles. The fourth-order valence-corrected chi connectivity index (χ4v) is 5.05. The first-order valence-corrected chi connectivity index (χ1v) is 11.7. The summed E-state index contributed by atoms with van der Waals surface area (Å²) in [5.74, 6) is 2.70. The molecule has 2 aromatic rings. The Morgan fingerprint density at radius 3 is 2.36 bits per heavy atom. The quantitative estimate of drug-likeness (QED) is 0.389. The summed E-state index contributed by atoms with van der Waals surface area (Å²) in [5, 5.41) is 10.0. The molecule has 0 amide bonds. The van der Waals surface area contributed by atoms with Gasteiger partial charge in [0.15, 0.2) is 5.01 Å². The summed E-state index contributed by atoms with van der Waals surface area (Å²) in [6, 6.07) is 7.90. The van der Waals surface area contributed by atoms with Gasteiger partial charge in [-0.15, -0.1) is 5.10 Å². The van der Waals surface area contributed by atoms with Crippen LogP contribution >= 0.6 is 11.3 Å². The number of hydrogen-bond donors (Lipinski definition) is 0. The van der Waals surface area contributed by atoms with E-state index in [-0.39, 0.29) is 0 Å². The predicted molar refractivity (Wildman–Crippen MR) is 116 cm³/mol. The van der Waals surface area contributed by atoms with Gasteiger partial charge in [0.2, 0.25) is 0 Å². The van der Waals surface area contributed by atoms with Crippen LogP contribution in [-0.2, 0) is 0 Å². The van der Waals surface area contributed by atoms with Crippen molar-refractivity contribution in [3.8, 4) is 21.5 Å². The van der Waals surface area contributed by atoms with Crippen LogP contribution in [0.1, 0.15) is 71.1 Å².